The summed E-state index contributed by atoms with van der Waals surface area (Å²) in [5.41, 5.74) is 0.519. The molecule has 0 aliphatic carbocycles. The van der Waals surface area contributed by atoms with Crippen LogP contribution in [0.3, 0.4) is 0 Å². The van der Waals surface area contributed by atoms with Crippen molar-refractivity contribution < 1.29 is 24.2 Å². The lowest BCUT2D eigenvalue weighted by atomic mass is 10.2. The highest BCUT2D eigenvalue weighted by Crippen LogP contribution is 2.10. The molecule has 1 aromatic rings. The van der Waals surface area contributed by atoms with E-state index in [9.17, 15) is 14.4 Å². The molecule has 0 aromatic heterocycles. The van der Waals surface area contributed by atoms with Gasteiger partial charge >= 0.3 is 5.97 Å². The molecule has 23 heavy (non-hydrogen) atoms. The SMILES string of the molecule is COc1ccc(C(=O)NCCNC(=O)CCCCC(=O)O)cc1. The Bertz CT molecular complexity index is 528. The highest BCUT2D eigenvalue weighted by molar-refractivity contribution is 5.94. The number of benzene rings is 1. The van der Waals surface area contributed by atoms with Crippen LogP contribution in [0, 0.1) is 0 Å². The van der Waals surface area contributed by atoms with Crippen molar-refractivity contribution in [1.29, 1.82) is 0 Å². The number of carboxylic acids is 1. The van der Waals surface area contributed by atoms with Crippen LogP contribution in [0.4, 0.5) is 0 Å². The number of hydrogen-bond donors (Lipinski definition) is 3. The van der Waals surface area contributed by atoms with E-state index in [1.165, 1.54) is 0 Å². The summed E-state index contributed by atoms with van der Waals surface area (Å²) in [4.78, 5) is 33.7. The van der Waals surface area contributed by atoms with E-state index in [-0.39, 0.29) is 18.2 Å². The van der Waals surface area contributed by atoms with Crippen molar-refractivity contribution in [3.63, 3.8) is 0 Å². The fourth-order valence-corrected chi connectivity index (χ4v) is 1.87. The van der Waals surface area contributed by atoms with Crippen LogP contribution in [0.25, 0.3) is 0 Å². The molecule has 0 bridgehead atoms. The Hall–Kier alpha value is -2.57. The summed E-state index contributed by atoms with van der Waals surface area (Å²) >= 11 is 0. The van der Waals surface area contributed by atoms with E-state index in [1.807, 2.05) is 0 Å². The van der Waals surface area contributed by atoms with Crippen LogP contribution in [-0.4, -0.2) is 43.1 Å². The van der Waals surface area contributed by atoms with Gasteiger partial charge in [-0.2, -0.15) is 0 Å². The van der Waals surface area contributed by atoms with E-state index < -0.39 is 5.97 Å². The van der Waals surface area contributed by atoms with Crippen molar-refractivity contribution in [2.45, 2.75) is 25.7 Å². The summed E-state index contributed by atoms with van der Waals surface area (Å²) in [7, 11) is 1.55. The topological polar surface area (TPSA) is 105 Å². The van der Waals surface area contributed by atoms with Crippen molar-refractivity contribution in [3.05, 3.63) is 29.8 Å². The zero-order valence-electron chi connectivity index (χ0n) is 13.1. The van der Waals surface area contributed by atoms with Gasteiger partial charge in [-0.1, -0.05) is 0 Å². The Morgan fingerprint density at radius 3 is 2.22 bits per heavy atom. The third kappa shape index (κ3) is 7.85. The molecule has 7 nitrogen and oxygen atoms in total. The quantitative estimate of drug-likeness (QED) is 0.561. The van der Waals surface area contributed by atoms with Crippen LogP contribution >= 0.6 is 0 Å². The van der Waals surface area contributed by atoms with Crippen molar-refractivity contribution in [3.8, 4) is 5.75 Å². The fourth-order valence-electron chi connectivity index (χ4n) is 1.87. The standard InChI is InChI=1S/C16H22N2O5/c1-23-13-8-6-12(7-9-13)16(22)18-11-10-17-14(19)4-2-3-5-15(20)21/h6-9H,2-5,10-11H2,1H3,(H,17,19)(H,18,22)(H,20,21). The zero-order chi connectivity index (χ0) is 17.1. The number of amides is 2. The molecule has 0 saturated heterocycles. The molecular weight excluding hydrogens is 300 g/mol. The molecule has 0 fully saturated rings. The molecule has 1 rings (SSSR count). The lowest BCUT2D eigenvalue weighted by Gasteiger charge is -2.07. The number of carbonyl (C=O) groups is 3. The van der Waals surface area contributed by atoms with Gasteiger partial charge in [-0.15, -0.1) is 0 Å². The number of methoxy groups -OCH3 is 1. The van der Waals surface area contributed by atoms with Crippen molar-refractivity contribution >= 4 is 17.8 Å². The van der Waals surface area contributed by atoms with Gasteiger partial charge in [0.1, 0.15) is 5.75 Å². The minimum atomic E-state index is -0.855. The Labute approximate surface area is 135 Å². The Kier molecular flexibility index (Phi) is 8.20. The van der Waals surface area contributed by atoms with Crippen LogP contribution < -0.4 is 15.4 Å². The number of nitrogens with one attached hydrogen (secondary N) is 2. The summed E-state index contributed by atoms with van der Waals surface area (Å²) in [6, 6.07) is 6.73. The maximum absolute atomic E-state index is 11.8. The average Bonchev–Trinajstić information content (AvgIpc) is 2.55. The average molecular weight is 322 g/mol. The highest BCUT2D eigenvalue weighted by atomic mass is 16.5. The molecular formula is C16H22N2O5. The van der Waals surface area contributed by atoms with Crippen LogP contribution in [0.1, 0.15) is 36.0 Å². The summed E-state index contributed by atoms with van der Waals surface area (Å²) in [5, 5.41) is 13.9. The number of unbranched alkanes of at least 4 members (excludes halogenated alkanes) is 1. The summed E-state index contributed by atoms with van der Waals surface area (Å²) in [6.07, 6.45) is 1.39. The highest BCUT2D eigenvalue weighted by Gasteiger charge is 2.06. The van der Waals surface area contributed by atoms with E-state index in [4.69, 9.17) is 9.84 Å². The van der Waals surface area contributed by atoms with Gasteiger partial charge in [-0.05, 0) is 37.1 Å². The van der Waals surface area contributed by atoms with Crippen molar-refractivity contribution in [2.24, 2.45) is 0 Å². The second kappa shape index (κ2) is 10.2. The van der Waals surface area contributed by atoms with E-state index >= 15 is 0 Å². The molecule has 7 heteroatoms. The molecule has 2 amide bonds. The second-order valence-corrected chi connectivity index (χ2v) is 4.94. The van der Waals surface area contributed by atoms with E-state index in [1.54, 1.807) is 31.4 Å². The van der Waals surface area contributed by atoms with E-state index in [0.717, 1.165) is 0 Å². The maximum atomic E-state index is 11.8. The first-order valence-corrected chi connectivity index (χ1v) is 7.43. The fraction of sp³-hybridized carbons (Fsp3) is 0.438. The molecule has 0 spiro atoms. The smallest absolute Gasteiger partial charge is 0.303 e. The van der Waals surface area contributed by atoms with Crippen molar-refractivity contribution in [2.75, 3.05) is 20.2 Å². The van der Waals surface area contributed by atoms with Gasteiger partial charge in [0.05, 0.1) is 7.11 Å². The molecule has 0 heterocycles. The first-order valence-electron chi connectivity index (χ1n) is 7.43. The third-order valence-corrected chi connectivity index (χ3v) is 3.13. The van der Waals surface area contributed by atoms with Gasteiger partial charge in [-0.25, -0.2) is 0 Å². The third-order valence-electron chi connectivity index (χ3n) is 3.13. The molecule has 0 unspecified atom stereocenters. The molecule has 1 aromatic carbocycles. The molecule has 0 atom stereocenters. The van der Waals surface area contributed by atoms with Gasteiger partial charge in [0.2, 0.25) is 5.91 Å². The van der Waals surface area contributed by atoms with Gasteiger partial charge in [0.15, 0.2) is 0 Å². The lowest BCUT2D eigenvalue weighted by molar-refractivity contribution is -0.137. The molecule has 0 aliphatic rings. The molecule has 0 saturated carbocycles. The van der Waals surface area contributed by atoms with E-state index in [2.05, 4.69) is 10.6 Å². The van der Waals surface area contributed by atoms with Crippen LogP contribution in [0.2, 0.25) is 0 Å². The van der Waals surface area contributed by atoms with Gasteiger partial charge in [0.25, 0.3) is 5.91 Å². The Balaban J connectivity index is 2.14. The summed E-state index contributed by atoms with van der Waals surface area (Å²) < 4.78 is 5.02. The Morgan fingerprint density at radius 1 is 1.00 bits per heavy atom. The normalized spacial score (nSPS) is 9.96. The Morgan fingerprint density at radius 2 is 1.61 bits per heavy atom. The van der Waals surface area contributed by atoms with Crippen LogP contribution in [-0.2, 0) is 9.59 Å². The van der Waals surface area contributed by atoms with Crippen LogP contribution in [0.15, 0.2) is 24.3 Å². The number of aliphatic carboxylic acids is 1. The zero-order valence-corrected chi connectivity index (χ0v) is 13.1. The first kappa shape index (κ1) is 18.5. The minimum absolute atomic E-state index is 0.0746. The second-order valence-electron chi connectivity index (χ2n) is 4.94. The molecule has 126 valence electrons. The monoisotopic (exact) mass is 322 g/mol. The summed E-state index contributed by atoms with van der Waals surface area (Å²) in [5.74, 6) is -0.541. The van der Waals surface area contributed by atoms with Crippen LogP contribution in [0.5, 0.6) is 5.75 Å². The summed E-state index contributed by atoms with van der Waals surface area (Å²) in [6.45, 7) is 0.658. The largest absolute Gasteiger partial charge is 0.497 e. The van der Waals surface area contributed by atoms with Gasteiger partial charge < -0.3 is 20.5 Å². The lowest BCUT2D eigenvalue weighted by Crippen LogP contribution is -2.34. The van der Waals surface area contributed by atoms with E-state index in [0.29, 0.717) is 43.7 Å². The van der Waals surface area contributed by atoms with Crippen molar-refractivity contribution in [1.82, 2.24) is 10.6 Å². The molecule has 0 aliphatic heterocycles. The molecule has 3 N–H and O–H groups in total. The predicted octanol–water partition coefficient (Wildman–Crippen LogP) is 1.19. The number of rotatable bonds is 10. The van der Waals surface area contributed by atoms with Gasteiger partial charge in [0, 0.05) is 31.5 Å². The number of ether oxygens (including phenoxy) is 1. The number of carboxylic acid groups (broad SMARTS) is 1. The predicted molar refractivity (Wildman–Crippen MR) is 84.4 cm³/mol. The minimum Gasteiger partial charge on any atom is -0.497 e. The van der Waals surface area contributed by atoms with Gasteiger partial charge in [-0.3, -0.25) is 14.4 Å². The molecule has 0 radical (unpaired) electrons. The number of carbonyl (C=O) groups excluding carboxylic acids is 2. The first-order chi connectivity index (χ1) is 11.0. The maximum Gasteiger partial charge on any atom is 0.303 e. The number of hydrogen-bond acceptors (Lipinski definition) is 4.